The van der Waals surface area contributed by atoms with Gasteiger partial charge < -0.3 is 10.6 Å². The fourth-order valence-electron chi connectivity index (χ4n) is 6.36. The minimum atomic E-state index is -0.557. The molecular weight excluding hydrogens is 367 g/mol. The zero-order chi connectivity index (χ0) is 20.8. The van der Waals surface area contributed by atoms with Gasteiger partial charge in [0.25, 0.3) is 0 Å². The lowest BCUT2D eigenvalue weighted by Crippen LogP contribution is -2.58. The van der Waals surface area contributed by atoms with E-state index < -0.39 is 6.04 Å². The standard InChI is InChI=1S/C24H33FN2O2/c1-14(2)21(22(28)26-15(3)19-4-6-20(25)7-5-19)27-23(29)24-11-16-8-17(12-24)10-18(9-16)13-24/h4-7,14-18,21H,8-13H2,1-3H3,(H,26,28)(H,27,29). The van der Waals surface area contributed by atoms with Gasteiger partial charge in [-0.2, -0.15) is 0 Å². The van der Waals surface area contributed by atoms with E-state index in [4.69, 9.17) is 0 Å². The summed E-state index contributed by atoms with van der Waals surface area (Å²) in [5.41, 5.74) is 0.583. The molecule has 2 amide bonds. The van der Waals surface area contributed by atoms with Gasteiger partial charge in [-0.05, 0) is 86.8 Å². The van der Waals surface area contributed by atoms with Crippen molar-refractivity contribution in [3.63, 3.8) is 0 Å². The summed E-state index contributed by atoms with van der Waals surface area (Å²) in [6, 6.07) is 5.34. The Morgan fingerprint density at radius 1 is 0.931 bits per heavy atom. The lowest BCUT2D eigenvalue weighted by atomic mass is 9.49. The number of rotatable bonds is 6. The topological polar surface area (TPSA) is 58.2 Å². The molecule has 4 saturated carbocycles. The molecule has 1 aromatic carbocycles. The van der Waals surface area contributed by atoms with Gasteiger partial charge in [0.2, 0.25) is 11.8 Å². The molecule has 0 spiro atoms. The normalized spacial score (nSPS) is 32.1. The summed E-state index contributed by atoms with van der Waals surface area (Å²) >= 11 is 0. The van der Waals surface area contributed by atoms with E-state index in [0.717, 1.165) is 24.8 Å². The average Bonchev–Trinajstić information content (AvgIpc) is 2.64. The number of hydrogen-bond acceptors (Lipinski definition) is 2. The molecule has 4 aliphatic carbocycles. The first kappa shape index (κ1) is 20.4. The molecule has 0 radical (unpaired) electrons. The first-order valence-corrected chi connectivity index (χ1v) is 11.1. The second-order valence-electron chi connectivity index (χ2n) is 10.2. The van der Waals surface area contributed by atoms with Gasteiger partial charge in [0, 0.05) is 5.41 Å². The maximum Gasteiger partial charge on any atom is 0.243 e. The van der Waals surface area contributed by atoms with Crippen LogP contribution in [0.25, 0.3) is 0 Å². The number of carbonyl (C=O) groups excluding carboxylic acids is 2. The number of halogens is 1. The second kappa shape index (κ2) is 7.73. The van der Waals surface area contributed by atoms with E-state index in [1.165, 1.54) is 31.4 Å². The van der Waals surface area contributed by atoms with Crippen LogP contribution >= 0.6 is 0 Å². The molecule has 4 bridgehead atoms. The first-order chi connectivity index (χ1) is 13.8. The van der Waals surface area contributed by atoms with E-state index >= 15 is 0 Å². The van der Waals surface area contributed by atoms with E-state index in [1.807, 2.05) is 20.8 Å². The van der Waals surface area contributed by atoms with Gasteiger partial charge in [-0.25, -0.2) is 4.39 Å². The van der Waals surface area contributed by atoms with E-state index in [0.29, 0.717) is 17.8 Å². The van der Waals surface area contributed by atoms with Gasteiger partial charge in [-0.15, -0.1) is 0 Å². The van der Waals surface area contributed by atoms with Gasteiger partial charge in [0.05, 0.1) is 6.04 Å². The lowest BCUT2D eigenvalue weighted by molar-refractivity contribution is -0.149. The van der Waals surface area contributed by atoms with Crippen molar-refractivity contribution in [1.29, 1.82) is 0 Å². The van der Waals surface area contributed by atoms with Crippen molar-refractivity contribution < 1.29 is 14.0 Å². The van der Waals surface area contributed by atoms with Crippen LogP contribution in [0.1, 0.15) is 70.9 Å². The molecule has 29 heavy (non-hydrogen) atoms. The number of benzene rings is 1. The minimum Gasteiger partial charge on any atom is -0.348 e. The zero-order valence-corrected chi connectivity index (χ0v) is 17.7. The molecule has 4 aliphatic rings. The number of nitrogens with one attached hydrogen (secondary N) is 2. The van der Waals surface area contributed by atoms with Crippen LogP contribution in [0.4, 0.5) is 4.39 Å². The summed E-state index contributed by atoms with van der Waals surface area (Å²) < 4.78 is 13.2. The minimum absolute atomic E-state index is 0.00622. The predicted octanol–water partition coefficient (Wildman–Crippen LogP) is 4.36. The Labute approximate surface area is 173 Å². The van der Waals surface area contributed by atoms with Gasteiger partial charge in [-0.1, -0.05) is 26.0 Å². The number of amides is 2. The van der Waals surface area contributed by atoms with Crippen LogP contribution in [0.2, 0.25) is 0 Å². The molecule has 4 nitrogen and oxygen atoms in total. The van der Waals surface area contributed by atoms with Crippen molar-refractivity contribution in [1.82, 2.24) is 10.6 Å². The van der Waals surface area contributed by atoms with Crippen molar-refractivity contribution in [3.05, 3.63) is 35.6 Å². The van der Waals surface area contributed by atoms with Crippen LogP contribution in [0.3, 0.4) is 0 Å². The molecule has 0 aliphatic heterocycles. The molecular formula is C24H33FN2O2. The maximum absolute atomic E-state index is 13.4. The highest BCUT2D eigenvalue weighted by Crippen LogP contribution is 2.60. The molecule has 0 saturated heterocycles. The Morgan fingerprint density at radius 2 is 1.45 bits per heavy atom. The SMILES string of the molecule is CC(NC(=O)C(NC(=O)C12CC3CC(CC(C3)C1)C2)C(C)C)c1ccc(F)cc1. The van der Waals surface area contributed by atoms with E-state index in [1.54, 1.807) is 12.1 Å². The molecule has 2 atom stereocenters. The summed E-state index contributed by atoms with van der Waals surface area (Å²) in [6.45, 7) is 5.81. The highest BCUT2D eigenvalue weighted by atomic mass is 19.1. The predicted molar refractivity (Wildman–Crippen MR) is 110 cm³/mol. The molecule has 5 heteroatoms. The van der Waals surface area contributed by atoms with Crippen LogP contribution < -0.4 is 10.6 Å². The lowest BCUT2D eigenvalue weighted by Gasteiger charge is -2.55. The Bertz CT molecular complexity index is 738. The first-order valence-electron chi connectivity index (χ1n) is 11.1. The fraction of sp³-hybridized carbons (Fsp3) is 0.667. The molecule has 2 unspecified atom stereocenters. The number of carbonyl (C=O) groups is 2. The third-order valence-corrected chi connectivity index (χ3v) is 7.48. The van der Waals surface area contributed by atoms with E-state index in [-0.39, 0.29) is 35.0 Å². The van der Waals surface area contributed by atoms with Crippen molar-refractivity contribution in [2.75, 3.05) is 0 Å². The van der Waals surface area contributed by atoms with E-state index in [2.05, 4.69) is 10.6 Å². The van der Waals surface area contributed by atoms with Gasteiger partial charge in [0.1, 0.15) is 11.9 Å². The molecule has 2 N–H and O–H groups in total. The van der Waals surface area contributed by atoms with Crippen molar-refractivity contribution in [2.45, 2.75) is 71.4 Å². The van der Waals surface area contributed by atoms with Crippen LogP contribution in [0.5, 0.6) is 0 Å². The summed E-state index contributed by atoms with van der Waals surface area (Å²) in [6.07, 6.45) is 6.83. The molecule has 0 aromatic heterocycles. The van der Waals surface area contributed by atoms with Crippen LogP contribution in [-0.4, -0.2) is 17.9 Å². The molecule has 158 valence electrons. The van der Waals surface area contributed by atoms with E-state index in [9.17, 15) is 14.0 Å². The molecule has 0 heterocycles. The Morgan fingerprint density at radius 3 is 1.93 bits per heavy atom. The van der Waals surface area contributed by atoms with Crippen LogP contribution in [0, 0.1) is 34.9 Å². The molecule has 5 rings (SSSR count). The van der Waals surface area contributed by atoms with Gasteiger partial charge >= 0.3 is 0 Å². The smallest absolute Gasteiger partial charge is 0.243 e. The second-order valence-corrected chi connectivity index (χ2v) is 10.2. The van der Waals surface area contributed by atoms with Crippen molar-refractivity contribution in [3.8, 4) is 0 Å². The summed E-state index contributed by atoms with van der Waals surface area (Å²) in [5, 5.41) is 6.13. The van der Waals surface area contributed by atoms with Gasteiger partial charge in [-0.3, -0.25) is 9.59 Å². The summed E-state index contributed by atoms with van der Waals surface area (Å²) in [5.74, 6) is 1.68. The number of hydrogen-bond donors (Lipinski definition) is 2. The quantitative estimate of drug-likeness (QED) is 0.745. The summed E-state index contributed by atoms with van der Waals surface area (Å²) in [4.78, 5) is 26.4. The fourth-order valence-corrected chi connectivity index (χ4v) is 6.36. The third kappa shape index (κ3) is 4.06. The molecule has 1 aromatic rings. The third-order valence-electron chi connectivity index (χ3n) is 7.48. The largest absolute Gasteiger partial charge is 0.348 e. The van der Waals surface area contributed by atoms with Crippen LogP contribution in [-0.2, 0) is 9.59 Å². The van der Waals surface area contributed by atoms with Crippen LogP contribution in [0.15, 0.2) is 24.3 Å². The van der Waals surface area contributed by atoms with Crippen molar-refractivity contribution in [2.24, 2.45) is 29.1 Å². The highest BCUT2D eigenvalue weighted by molar-refractivity contribution is 5.90. The zero-order valence-electron chi connectivity index (χ0n) is 17.7. The molecule has 4 fully saturated rings. The Hall–Kier alpha value is -1.91. The Kier molecular flexibility index (Phi) is 5.43. The average molecular weight is 401 g/mol. The highest BCUT2D eigenvalue weighted by Gasteiger charge is 2.55. The van der Waals surface area contributed by atoms with Crippen molar-refractivity contribution >= 4 is 11.8 Å². The Balaban J connectivity index is 1.43. The monoisotopic (exact) mass is 400 g/mol. The maximum atomic E-state index is 13.4. The van der Waals surface area contributed by atoms with Gasteiger partial charge in [0.15, 0.2) is 0 Å². The summed E-state index contributed by atoms with van der Waals surface area (Å²) in [7, 11) is 0.